The molecular formula is C20H14F3N7O2. The molecule has 0 saturated carbocycles. The predicted molar refractivity (Wildman–Crippen MR) is 103 cm³/mol. The molecule has 12 heteroatoms. The lowest BCUT2D eigenvalue weighted by atomic mass is 10.1. The molecule has 0 atom stereocenters. The van der Waals surface area contributed by atoms with E-state index in [1.54, 1.807) is 24.7 Å². The summed E-state index contributed by atoms with van der Waals surface area (Å²) in [6, 6.07) is 8.80. The van der Waals surface area contributed by atoms with E-state index in [9.17, 15) is 18.3 Å². The highest BCUT2D eigenvalue weighted by molar-refractivity contribution is 5.87. The van der Waals surface area contributed by atoms with Gasteiger partial charge in [0.05, 0.1) is 24.0 Å². The van der Waals surface area contributed by atoms with Crippen molar-refractivity contribution in [3.8, 4) is 11.1 Å². The van der Waals surface area contributed by atoms with Gasteiger partial charge in [0.25, 0.3) is 6.20 Å². The van der Waals surface area contributed by atoms with Crippen molar-refractivity contribution in [1.29, 1.82) is 0 Å². The van der Waals surface area contributed by atoms with Crippen molar-refractivity contribution in [3.05, 3.63) is 78.5 Å². The molecule has 0 spiro atoms. The molecule has 0 saturated heterocycles. The van der Waals surface area contributed by atoms with Crippen molar-refractivity contribution in [2.75, 3.05) is 5.32 Å². The van der Waals surface area contributed by atoms with Gasteiger partial charge in [0.15, 0.2) is 0 Å². The molecule has 4 aromatic rings. The SMILES string of the molecule is [O-]C(=Nc1c[n+](Cc2ccc(-c3ccnnc3)cn2)no1)Nc1cccc(C(F)(F)F)c1. The number of nitrogens with zero attached hydrogens (tertiary/aromatic N) is 6. The van der Waals surface area contributed by atoms with E-state index in [2.05, 4.69) is 30.8 Å². The van der Waals surface area contributed by atoms with Gasteiger partial charge in [-0.1, -0.05) is 12.1 Å². The third-order valence-corrected chi connectivity index (χ3v) is 4.22. The van der Waals surface area contributed by atoms with Gasteiger partial charge >= 0.3 is 12.1 Å². The molecule has 0 aliphatic rings. The third-order valence-electron chi connectivity index (χ3n) is 4.22. The molecule has 9 nitrogen and oxygen atoms in total. The molecule has 0 aliphatic carbocycles. The first kappa shape index (κ1) is 20.9. The van der Waals surface area contributed by atoms with Crippen molar-refractivity contribution in [3.63, 3.8) is 0 Å². The Bertz CT molecular complexity index is 1230. The van der Waals surface area contributed by atoms with Crippen LogP contribution >= 0.6 is 0 Å². The summed E-state index contributed by atoms with van der Waals surface area (Å²) in [5, 5.41) is 25.6. The number of hydrogen-bond acceptors (Lipinski definition) is 7. The van der Waals surface area contributed by atoms with Crippen molar-refractivity contribution in [2.24, 2.45) is 4.99 Å². The number of benzene rings is 1. The van der Waals surface area contributed by atoms with Crippen LogP contribution in [-0.4, -0.2) is 26.5 Å². The van der Waals surface area contributed by atoms with Gasteiger partial charge in [-0.15, -0.1) is 0 Å². The molecule has 3 aromatic heterocycles. The number of aromatic nitrogens is 5. The number of anilines is 1. The molecular weight excluding hydrogens is 427 g/mol. The van der Waals surface area contributed by atoms with E-state index in [4.69, 9.17) is 4.52 Å². The van der Waals surface area contributed by atoms with Gasteiger partial charge in [-0.3, -0.25) is 9.51 Å². The highest BCUT2D eigenvalue weighted by Gasteiger charge is 2.30. The highest BCUT2D eigenvalue weighted by atomic mass is 19.4. The molecule has 1 N–H and O–H groups in total. The van der Waals surface area contributed by atoms with Crippen LogP contribution in [0.1, 0.15) is 11.3 Å². The van der Waals surface area contributed by atoms with Crippen LogP contribution in [0.5, 0.6) is 0 Å². The first-order valence-electron chi connectivity index (χ1n) is 9.15. The number of halogens is 3. The summed E-state index contributed by atoms with van der Waals surface area (Å²) in [6.45, 7) is 0.253. The Labute approximate surface area is 178 Å². The molecule has 0 bridgehead atoms. The van der Waals surface area contributed by atoms with Crippen LogP contribution in [0, 0.1) is 0 Å². The molecule has 3 heterocycles. The van der Waals surface area contributed by atoms with E-state index < -0.39 is 17.8 Å². The quantitative estimate of drug-likeness (QED) is 0.287. The van der Waals surface area contributed by atoms with E-state index in [0.29, 0.717) is 5.69 Å². The second-order valence-electron chi connectivity index (χ2n) is 6.53. The molecule has 32 heavy (non-hydrogen) atoms. The van der Waals surface area contributed by atoms with E-state index in [1.807, 2.05) is 12.1 Å². The summed E-state index contributed by atoms with van der Waals surface area (Å²) in [4.78, 5) is 8.00. The van der Waals surface area contributed by atoms with Crippen molar-refractivity contribution >= 4 is 17.6 Å². The predicted octanol–water partition coefficient (Wildman–Crippen LogP) is 2.34. The summed E-state index contributed by atoms with van der Waals surface area (Å²) in [5.74, 6) is -0.117. The zero-order chi connectivity index (χ0) is 22.6. The van der Waals surface area contributed by atoms with Gasteiger partial charge in [0, 0.05) is 23.0 Å². The van der Waals surface area contributed by atoms with Crippen LogP contribution < -0.4 is 15.1 Å². The van der Waals surface area contributed by atoms with E-state index in [-0.39, 0.29) is 18.1 Å². The largest absolute Gasteiger partial charge is 0.846 e. The Hall–Kier alpha value is -4.35. The zero-order valence-electron chi connectivity index (χ0n) is 16.2. The van der Waals surface area contributed by atoms with Crippen LogP contribution in [0.3, 0.4) is 0 Å². The number of hydrogen-bond donors (Lipinski definition) is 1. The normalized spacial score (nSPS) is 12.0. The molecule has 0 amide bonds. The lowest BCUT2D eigenvalue weighted by molar-refractivity contribution is -0.755. The number of amidine groups is 1. The monoisotopic (exact) mass is 441 g/mol. The van der Waals surface area contributed by atoms with Crippen LogP contribution in [0.2, 0.25) is 0 Å². The maximum atomic E-state index is 12.8. The molecule has 162 valence electrons. The van der Waals surface area contributed by atoms with E-state index >= 15 is 0 Å². The molecule has 0 radical (unpaired) electrons. The van der Waals surface area contributed by atoms with Gasteiger partial charge in [-0.25, -0.2) is 4.99 Å². The van der Waals surface area contributed by atoms with Gasteiger partial charge < -0.3 is 10.4 Å². The fraction of sp³-hybridized carbons (Fsp3) is 0.100. The number of pyridine rings is 1. The standard InChI is InChI=1S/C20H14F3N7O2/c21-20(22,23)15-2-1-3-16(8-15)27-19(31)28-18-12-30(29-32-18)11-17-5-4-13(9-24-17)14-6-7-25-26-10-14/h1-10,12H,11H2,(H-,27,28,29,31). The number of alkyl halides is 3. The molecule has 0 aliphatic heterocycles. The lowest BCUT2D eigenvalue weighted by Gasteiger charge is -2.14. The fourth-order valence-corrected chi connectivity index (χ4v) is 2.73. The van der Waals surface area contributed by atoms with E-state index in [1.165, 1.54) is 23.0 Å². The van der Waals surface area contributed by atoms with Gasteiger partial charge in [-0.2, -0.15) is 23.4 Å². The summed E-state index contributed by atoms with van der Waals surface area (Å²) < 4.78 is 44.7. The minimum atomic E-state index is -4.52. The summed E-state index contributed by atoms with van der Waals surface area (Å²) in [7, 11) is 0. The minimum absolute atomic E-state index is 0.0466. The first-order valence-corrected chi connectivity index (χ1v) is 9.15. The molecule has 0 unspecified atom stereocenters. The van der Waals surface area contributed by atoms with E-state index in [0.717, 1.165) is 23.3 Å². The van der Waals surface area contributed by atoms with Crippen molar-refractivity contribution in [1.82, 2.24) is 20.5 Å². The maximum Gasteiger partial charge on any atom is 0.416 e. The minimum Gasteiger partial charge on any atom is -0.846 e. The topological polar surface area (TPSA) is 116 Å². The van der Waals surface area contributed by atoms with Crippen LogP contribution in [0.25, 0.3) is 11.1 Å². The average Bonchev–Trinajstić information content (AvgIpc) is 3.21. The Morgan fingerprint density at radius 2 is 1.94 bits per heavy atom. The first-order chi connectivity index (χ1) is 15.4. The fourth-order valence-electron chi connectivity index (χ4n) is 2.73. The Morgan fingerprint density at radius 3 is 2.66 bits per heavy atom. The van der Waals surface area contributed by atoms with Crippen molar-refractivity contribution < 1.29 is 27.5 Å². The number of rotatable bonds is 5. The lowest BCUT2D eigenvalue weighted by Crippen LogP contribution is -2.35. The number of nitrogens with one attached hydrogen (secondary N) is 1. The third kappa shape index (κ3) is 5.22. The van der Waals surface area contributed by atoms with Gasteiger partial charge in [0.1, 0.15) is 5.69 Å². The average molecular weight is 441 g/mol. The molecule has 1 aromatic carbocycles. The highest BCUT2D eigenvalue weighted by Crippen LogP contribution is 2.30. The Morgan fingerprint density at radius 1 is 1.09 bits per heavy atom. The maximum absolute atomic E-state index is 12.8. The zero-order valence-corrected chi connectivity index (χ0v) is 16.2. The summed E-state index contributed by atoms with van der Waals surface area (Å²) in [5.41, 5.74) is 1.49. The number of aliphatic imine (C=N–C) groups is 1. The van der Waals surface area contributed by atoms with Crippen LogP contribution in [0.4, 0.5) is 24.7 Å². The van der Waals surface area contributed by atoms with Gasteiger partial charge in [-0.05, 0) is 35.0 Å². The van der Waals surface area contributed by atoms with Crippen LogP contribution in [0.15, 0.2) is 76.8 Å². The Balaban J connectivity index is 1.41. The summed E-state index contributed by atoms with van der Waals surface area (Å²) in [6.07, 6.45) is 1.74. The second-order valence-corrected chi connectivity index (χ2v) is 6.53. The summed E-state index contributed by atoms with van der Waals surface area (Å²) >= 11 is 0. The Kier molecular flexibility index (Phi) is 5.75. The van der Waals surface area contributed by atoms with Crippen molar-refractivity contribution in [2.45, 2.75) is 12.7 Å². The van der Waals surface area contributed by atoms with Crippen LogP contribution in [-0.2, 0) is 12.7 Å². The molecule has 4 rings (SSSR count). The van der Waals surface area contributed by atoms with Gasteiger partial charge in [0.2, 0.25) is 11.8 Å². The smallest absolute Gasteiger partial charge is 0.416 e. The second kappa shape index (κ2) is 8.79. The molecule has 0 fully saturated rings.